The molecule has 3 heterocycles. The Balaban J connectivity index is 1.61. The van der Waals surface area contributed by atoms with Crippen molar-refractivity contribution in [3.05, 3.63) is 117 Å². The van der Waals surface area contributed by atoms with Crippen LogP contribution in [0.2, 0.25) is 0 Å². The molecule has 0 atom stereocenters. The van der Waals surface area contributed by atoms with Gasteiger partial charge in [0.15, 0.2) is 0 Å². The van der Waals surface area contributed by atoms with Crippen LogP contribution in [0.1, 0.15) is 27.0 Å². The summed E-state index contributed by atoms with van der Waals surface area (Å²) in [6.07, 6.45) is 2.30. The smallest absolute Gasteiger partial charge is 0.278 e. The van der Waals surface area contributed by atoms with Crippen molar-refractivity contribution in [2.45, 2.75) is 26.4 Å². The van der Waals surface area contributed by atoms with Crippen LogP contribution in [0.15, 0.2) is 83.8 Å². The lowest BCUT2D eigenvalue weighted by molar-refractivity contribution is -0.658. The van der Waals surface area contributed by atoms with Gasteiger partial charge in [0.1, 0.15) is 16.8 Å². The average Bonchev–Trinajstić information content (AvgIpc) is 2.89. The third kappa shape index (κ3) is 4.40. The van der Waals surface area contributed by atoms with Crippen LogP contribution in [0.3, 0.4) is 0 Å². The number of amides is 1. The number of carbonyl (C=O) groups excluding carboxylic acids is 1. The zero-order chi connectivity index (χ0) is 25.2. The zero-order valence-electron chi connectivity index (χ0n) is 19.7. The molecule has 0 aliphatic carbocycles. The van der Waals surface area contributed by atoms with Crippen LogP contribution in [0, 0.1) is 12.7 Å². The van der Waals surface area contributed by atoms with Crippen LogP contribution < -0.4 is 21.2 Å². The molecule has 0 aliphatic rings. The van der Waals surface area contributed by atoms with Crippen molar-refractivity contribution in [3.63, 3.8) is 0 Å². The molecule has 0 spiro atoms. The van der Waals surface area contributed by atoms with E-state index in [9.17, 15) is 14.0 Å². The second kappa shape index (κ2) is 9.58. The van der Waals surface area contributed by atoms with E-state index < -0.39 is 5.91 Å². The minimum atomic E-state index is -0.430. The van der Waals surface area contributed by atoms with Crippen molar-refractivity contribution in [1.29, 1.82) is 0 Å². The highest BCUT2D eigenvalue weighted by molar-refractivity contribution is 6.00. The van der Waals surface area contributed by atoms with Crippen molar-refractivity contribution >= 4 is 28.4 Å². The highest BCUT2D eigenvalue weighted by atomic mass is 19.1. The summed E-state index contributed by atoms with van der Waals surface area (Å²) in [7, 11) is 0. The molecule has 3 aromatic heterocycles. The predicted octanol–water partition coefficient (Wildman–Crippen LogP) is 3.34. The van der Waals surface area contributed by atoms with E-state index in [1.54, 1.807) is 29.0 Å². The third-order valence-corrected chi connectivity index (χ3v) is 6.25. The SMILES string of the molecule is Cc1cccn2c(=O)c3cc(C(=O)NCc4ccc(F)cc4)c(N)[n+](CCc4ccccc4)c3nc12. The van der Waals surface area contributed by atoms with Gasteiger partial charge in [-0.25, -0.2) is 8.96 Å². The molecule has 7 nitrogen and oxygen atoms in total. The second-order valence-electron chi connectivity index (χ2n) is 8.68. The quantitative estimate of drug-likeness (QED) is 0.287. The van der Waals surface area contributed by atoms with Crippen LogP contribution in [0.25, 0.3) is 16.7 Å². The van der Waals surface area contributed by atoms with E-state index in [0.29, 0.717) is 29.6 Å². The van der Waals surface area contributed by atoms with Gasteiger partial charge in [0, 0.05) is 24.7 Å². The molecule has 5 aromatic rings. The summed E-state index contributed by atoms with van der Waals surface area (Å²) in [5.41, 5.74) is 10.1. The van der Waals surface area contributed by atoms with E-state index in [0.717, 1.165) is 16.7 Å². The van der Waals surface area contributed by atoms with Crippen molar-refractivity contribution < 1.29 is 13.8 Å². The molecular weight excluding hydrogens is 457 g/mol. The molecule has 1 amide bonds. The van der Waals surface area contributed by atoms with Gasteiger partial charge in [-0.05, 0) is 42.3 Å². The molecule has 180 valence electrons. The number of anilines is 1. The molecule has 0 fully saturated rings. The lowest BCUT2D eigenvalue weighted by Gasteiger charge is -2.13. The molecule has 2 aromatic carbocycles. The molecule has 0 saturated heterocycles. The maximum atomic E-state index is 13.5. The monoisotopic (exact) mass is 482 g/mol. The number of aryl methyl sites for hydroxylation is 3. The van der Waals surface area contributed by atoms with Crippen LogP contribution in [-0.2, 0) is 19.5 Å². The number of nitrogens with one attached hydrogen (secondary N) is 1. The largest absolute Gasteiger partial charge is 0.348 e. The Bertz CT molecular complexity index is 1650. The second-order valence-corrected chi connectivity index (χ2v) is 8.68. The summed E-state index contributed by atoms with van der Waals surface area (Å²) >= 11 is 0. The molecule has 8 heteroatoms. The van der Waals surface area contributed by atoms with Crippen molar-refractivity contribution in [2.24, 2.45) is 0 Å². The van der Waals surface area contributed by atoms with Gasteiger partial charge in [0.05, 0.1) is 6.54 Å². The Kier molecular flexibility index (Phi) is 6.16. The van der Waals surface area contributed by atoms with Crippen molar-refractivity contribution in [3.8, 4) is 0 Å². The van der Waals surface area contributed by atoms with E-state index in [-0.39, 0.29) is 29.3 Å². The minimum Gasteiger partial charge on any atom is -0.348 e. The van der Waals surface area contributed by atoms with Gasteiger partial charge in [0.25, 0.3) is 17.1 Å². The highest BCUT2D eigenvalue weighted by Crippen LogP contribution is 2.17. The summed E-state index contributed by atoms with van der Waals surface area (Å²) in [4.78, 5) is 31.5. The first-order valence-corrected chi connectivity index (χ1v) is 11.6. The summed E-state index contributed by atoms with van der Waals surface area (Å²) in [6.45, 7) is 2.51. The lowest BCUT2D eigenvalue weighted by Crippen LogP contribution is -2.43. The number of aromatic nitrogens is 3. The molecule has 0 radical (unpaired) electrons. The standard InChI is InChI=1S/C28H24FN5O2/c1-18-6-5-14-34-25(18)32-26-23(28(34)36)16-22(27(35)31-17-20-9-11-21(29)12-10-20)24(30)33(26)15-13-19-7-3-2-4-8-19/h2-12,14,16,30H,13,15,17H2,1H3,(H,31,35)/p+1. The summed E-state index contributed by atoms with van der Waals surface area (Å²) in [5.74, 6) is -0.556. The first-order valence-electron chi connectivity index (χ1n) is 11.6. The van der Waals surface area contributed by atoms with Gasteiger partial charge in [0.2, 0.25) is 11.5 Å². The highest BCUT2D eigenvalue weighted by Gasteiger charge is 2.24. The summed E-state index contributed by atoms with van der Waals surface area (Å²) in [5, 5.41) is 3.12. The molecule has 0 aliphatic heterocycles. The number of hydrogen-bond donors (Lipinski definition) is 2. The number of benzene rings is 2. The van der Waals surface area contributed by atoms with E-state index >= 15 is 0 Å². The van der Waals surface area contributed by atoms with Gasteiger partial charge in [-0.1, -0.05) is 53.5 Å². The van der Waals surface area contributed by atoms with E-state index in [1.807, 2.05) is 43.3 Å². The minimum absolute atomic E-state index is 0.184. The predicted molar refractivity (Wildman–Crippen MR) is 136 cm³/mol. The Morgan fingerprint density at radius 2 is 1.81 bits per heavy atom. The topological polar surface area (TPSA) is 93.4 Å². The number of hydrogen-bond acceptors (Lipinski definition) is 4. The Hall–Kier alpha value is -4.59. The van der Waals surface area contributed by atoms with Crippen LogP contribution in [0.5, 0.6) is 0 Å². The molecule has 0 saturated carbocycles. The molecule has 5 rings (SSSR count). The Labute approximate surface area is 206 Å². The van der Waals surface area contributed by atoms with Crippen molar-refractivity contribution in [2.75, 3.05) is 5.73 Å². The number of nitrogens with zero attached hydrogens (tertiary/aromatic N) is 3. The number of pyridine rings is 2. The fourth-order valence-corrected chi connectivity index (χ4v) is 4.28. The van der Waals surface area contributed by atoms with Crippen LogP contribution in [-0.4, -0.2) is 15.3 Å². The van der Waals surface area contributed by atoms with Gasteiger partial charge in [-0.2, -0.15) is 0 Å². The number of rotatable bonds is 6. The maximum Gasteiger partial charge on any atom is 0.278 e. The van der Waals surface area contributed by atoms with Gasteiger partial charge in [-0.3, -0.25) is 14.0 Å². The molecule has 3 N–H and O–H groups in total. The molecule has 36 heavy (non-hydrogen) atoms. The maximum absolute atomic E-state index is 13.5. The first-order chi connectivity index (χ1) is 17.4. The van der Waals surface area contributed by atoms with E-state index in [2.05, 4.69) is 5.32 Å². The Morgan fingerprint density at radius 1 is 1.06 bits per heavy atom. The van der Waals surface area contributed by atoms with Crippen LogP contribution >= 0.6 is 0 Å². The fourth-order valence-electron chi connectivity index (χ4n) is 4.28. The van der Waals surface area contributed by atoms with Crippen LogP contribution in [0.4, 0.5) is 10.2 Å². The molecular formula is C28H25FN5O2+. The summed E-state index contributed by atoms with van der Waals surface area (Å²) in [6, 6.07) is 21.0. The molecule has 0 unspecified atom stereocenters. The zero-order valence-corrected chi connectivity index (χ0v) is 19.7. The Morgan fingerprint density at radius 3 is 2.56 bits per heavy atom. The number of carbonyl (C=O) groups is 1. The van der Waals surface area contributed by atoms with Gasteiger partial charge in [-0.15, -0.1) is 0 Å². The third-order valence-electron chi connectivity index (χ3n) is 6.25. The van der Waals surface area contributed by atoms with Gasteiger partial charge >= 0.3 is 0 Å². The number of nitrogen functional groups attached to an aromatic ring is 1. The van der Waals surface area contributed by atoms with E-state index in [4.69, 9.17) is 10.7 Å². The van der Waals surface area contributed by atoms with Crippen molar-refractivity contribution in [1.82, 2.24) is 14.7 Å². The number of halogens is 1. The fraction of sp³-hybridized carbons (Fsp3) is 0.143. The average molecular weight is 483 g/mol. The lowest BCUT2D eigenvalue weighted by atomic mass is 10.1. The van der Waals surface area contributed by atoms with E-state index in [1.165, 1.54) is 22.6 Å². The molecule has 0 bridgehead atoms. The number of nitrogens with two attached hydrogens (primary N) is 1. The van der Waals surface area contributed by atoms with Gasteiger partial charge < -0.3 is 11.1 Å². The summed E-state index contributed by atoms with van der Waals surface area (Å²) < 4.78 is 16.4. The number of fused-ring (bicyclic) bond motifs is 2. The normalized spacial score (nSPS) is 11.2. The first kappa shape index (κ1) is 23.2.